The number of rotatable bonds is 4. The van der Waals surface area contributed by atoms with Crippen LogP contribution in [0.25, 0.3) is 10.2 Å². The molecular formula is C13H17N3OS. The molecule has 0 bridgehead atoms. The Labute approximate surface area is 110 Å². The minimum Gasteiger partial charge on any atom is -0.376 e. The Morgan fingerprint density at radius 3 is 3.28 bits per heavy atom. The molecule has 0 aliphatic carbocycles. The summed E-state index contributed by atoms with van der Waals surface area (Å²) >= 11 is 1.65. The molecule has 5 heteroatoms. The van der Waals surface area contributed by atoms with Gasteiger partial charge in [-0.05, 0) is 30.7 Å². The van der Waals surface area contributed by atoms with Crippen molar-refractivity contribution in [2.24, 2.45) is 0 Å². The first kappa shape index (κ1) is 11.9. The minimum absolute atomic E-state index is 0.318. The van der Waals surface area contributed by atoms with E-state index in [1.54, 1.807) is 17.7 Å². The maximum atomic E-state index is 5.77. The molecule has 96 valence electrons. The van der Waals surface area contributed by atoms with Gasteiger partial charge in [-0.1, -0.05) is 6.92 Å². The number of nitrogens with one attached hydrogen (secondary N) is 1. The third-order valence-corrected chi connectivity index (χ3v) is 4.26. The Balaban J connectivity index is 1.83. The first-order valence-electron chi connectivity index (χ1n) is 6.45. The topological polar surface area (TPSA) is 47.0 Å². The van der Waals surface area contributed by atoms with Gasteiger partial charge in [0.1, 0.15) is 17.0 Å². The van der Waals surface area contributed by atoms with E-state index in [1.165, 1.54) is 6.42 Å². The molecule has 1 N–H and O–H groups in total. The molecule has 1 saturated heterocycles. The zero-order chi connectivity index (χ0) is 12.4. The molecule has 3 heterocycles. The highest BCUT2D eigenvalue weighted by atomic mass is 32.1. The highest BCUT2D eigenvalue weighted by molar-refractivity contribution is 7.16. The second kappa shape index (κ2) is 5.20. The summed E-state index contributed by atoms with van der Waals surface area (Å²) in [5.41, 5.74) is 0. The number of ether oxygens (including phenoxy) is 1. The van der Waals surface area contributed by atoms with E-state index in [9.17, 15) is 0 Å². The number of thiophene rings is 1. The van der Waals surface area contributed by atoms with Crippen LogP contribution in [0.5, 0.6) is 0 Å². The van der Waals surface area contributed by atoms with Gasteiger partial charge in [-0.15, -0.1) is 11.3 Å². The normalized spacial score (nSPS) is 21.3. The molecule has 1 fully saturated rings. The quantitative estimate of drug-likeness (QED) is 0.921. The summed E-state index contributed by atoms with van der Waals surface area (Å²) < 4.78 is 5.77. The lowest BCUT2D eigenvalue weighted by Gasteiger charge is -2.23. The van der Waals surface area contributed by atoms with E-state index in [0.717, 1.165) is 35.5 Å². The summed E-state index contributed by atoms with van der Waals surface area (Å²) in [7, 11) is 0. The molecule has 0 spiro atoms. The van der Waals surface area contributed by atoms with Crippen molar-refractivity contribution in [2.45, 2.75) is 38.3 Å². The van der Waals surface area contributed by atoms with Crippen LogP contribution >= 0.6 is 11.3 Å². The maximum absolute atomic E-state index is 5.77. The SMILES string of the molecule is CCC(Nc1ncnc2sccc12)C1CCCO1. The Morgan fingerprint density at radius 1 is 1.56 bits per heavy atom. The molecule has 3 rings (SSSR count). The van der Waals surface area contributed by atoms with Crippen LogP contribution in [0.1, 0.15) is 26.2 Å². The monoisotopic (exact) mass is 263 g/mol. The van der Waals surface area contributed by atoms with Crippen molar-refractivity contribution < 1.29 is 4.74 Å². The summed E-state index contributed by atoms with van der Waals surface area (Å²) in [5.74, 6) is 0.934. The average Bonchev–Trinajstić information content (AvgIpc) is 3.06. The van der Waals surface area contributed by atoms with Gasteiger partial charge in [-0.25, -0.2) is 9.97 Å². The van der Waals surface area contributed by atoms with E-state index < -0.39 is 0 Å². The molecule has 1 aliphatic rings. The van der Waals surface area contributed by atoms with Gasteiger partial charge < -0.3 is 10.1 Å². The fraction of sp³-hybridized carbons (Fsp3) is 0.538. The molecule has 2 unspecified atom stereocenters. The standard InChI is InChI=1S/C13H17N3OS/c1-2-10(11-4-3-6-17-11)16-12-9-5-7-18-13(9)15-8-14-12/h5,7-8,10-11H,2-4,6H2,1H3,(H,14,15,16). The number of hydrogen-bond donors (Lipinski definition) is 1. The van der Waals surface area contributed by atoms with Crippen molar-refractivity contribution in [2.75, 3.05) is 11.9 Å². The van der Waals surface area contributed by atoms with Gasteiger partial charge in [0.2, 0.25) is 0 Å². The minimum atomic E-state index is 0.318. The molecule has 18 heavy (non-hydrogen) atoms. The Morgan fingerprint density at radius 2 is 2.50 bits per heavy atom. The van der Waals surface area contributed by atoms with Crippen molar-refractivity contribution in [1.82, 2.24) is 9.97 Å². The van der Waals surface area contributed by atoms with Crippen LogP contribution in [-0.4, -0.2) is 28.7 Å². The lowest BCUT2D eigenvalue weighted by Crippen LogP contribution is -2.32. The Kier molecular flexibility index (Phi) is 3.43. The van der Waals surface area contributed by atoms with E-state index in [2.05, 4.69) is 33.7 Å². The first-order valence-corrected chi connectivity index (χ1v) is 7.33. The lowest BCUT2D eigenvalue weighted by molar-refractivity contribution is 0.0943. The molecule has 2 atom stereocenters. The van der Waals surface area contributed by atoms with Crippen LogP contribution in [0.4, 0.5) is 5.82 Å². The fourth-order valence-electron chi connectivity index (χ4n) is 2.46. The van der Waals surface area contributed by atoms with E-state index in [-0.39, 0.29) is 0 Å². The van der Waals surface area contributed by atoms with Crippen LogP contribution in [-0.2, 0) is 4.74 Å². The summed E-state index contributed by atoms with van der Waals surface area (Å²) in [6.45, 7) is 3.08. The second-order valence-corrected chi connectivity index (χ2v) is 5.47. The van der Waals surface area contributed by atoms with Gasteiger partial charge in [-0.3, -0.25) is 0 Å². The second-order valence-electron chi connectivity index (χ2n) is 4.57. The Bertz CT molecular complexity index is 522. The smallest absolute Gasteiger partial charge is 0.138 e. The number of fused-ring (bicyclic) bond motifs is 1. The molecule has 1 aliphatic heterocycles. The van der Waals surface area contributed by atoms with Gasteiger partial charge in [-0.2, -0.15) is 0 Å². The summed E-state index contributed by atoms with van der Waals surface area (Å²) in [6, 6.07) is 2.41. The van der Waals surface area contributed by atoms with Crippen molar-refractivity contribution in [3.63, 3.8) is 0 Å². The highest BCUT2D eigenvalue weighted by Gasteiger charge is 2.25. The molecule has 2 aromatic rings. The van der Waals surface area contributed by atoms with Crippen LogP contribution in [0.3, 0.4) is 0 Å². The van der Waals surface area contributed by atoms with Gasteiger partial charge in [0, 0.05) is 6.61 Å². The Hall–Kier alpha value is -1.20. The molecule has 4 nitrogen and oxygen atoms in total. The van der Waals surface area contributed by atoms with Gasteiger partial charge in [0.25, 0.3) is 0 Å². The zero-order valence-corrected chi connectivity index (χ0v) is 11.2. The third-order valence-electron chi connectivity index (χ3n) is 3.44. The van der Waals surface area contributed by atoms with Gasteiger partial charge in [0.15, 0.2) is 0 Å². The van der Waals surface area contributed by atoms with E-state index in [4.69, 9.17) is 4.74 Å². The number of hydrogen-bond acceptors (Lipinski definition) is 5. The van der Waals surface area contributed by atoms with E-state index in [0.29, 0.717) is 12.1 Å². The molecular weight excluding hydrogens is 246 g/mol. The summed E-state index contributed by atoms with van der Waals surface area (Å²) in [4.78, 5) is 9.67. The predicted molar refractivity (Wildman–Crippen MR) is 74.1 cm³/mol. The van der Waals surface area contributed by atoms with Crippen LogP contribution in [0.15, 0.2) is 17.8 Å². The molecule has 0 saturated carbocycles. The van der Waals surface area contributed by atoms with Crippen LogP contribution < -0.4 is 5.32 Å². The third kappa shape index (κ3) is 2.20. The number of nitrogens with zero attached hydrogens (tertiary/aromatic N) is 2. The number of anilines is 1. The fourth-order valence-corrected chi connectivity index (χ4v) is 3.19. The van der Waals surface area contributed by atoms with Crippen LogP contribution in [0.2, 0.25) is 0 Å². The first-order chi connectivity index (χ1) is 8.88. The molecule has 0 radical (unpaired) electrons. The summed E-state index contributed by atoms with van der Waals surface area (Å²) in [6.07, 6.45) is 5.30. The molecule has 0 aromatic carbocycles. The largest absolute Gasteiger partial charge is 0.376 e. The molecule has 2 aromatic heterocycles. The van der Waals surface area contributed by atoms with E-state index in [1.807, 2.05) is 0 Å². The maximum Gasteiger partial charge on any atom is 0.138 e. The van der Waals surface area contributed by atoms with E-state index >= 15 is 0 Å². The van der Waals surface area contributed by atoms with Crippen molar-refractivity contribution in [3.8, 4) is 0 Å². The molecule has 0 amide bonds. The van der Waals surface area contributed by atoms with Crippen molar-refractivity contribution >= 4 is 27.4 Å². The van der Waals surface area contributed by atoms with Crippen LogP contribution in [0, 0.1) is 0 Å². The van der Waals surface area contributed by atoms with Crippen molar-refractivity contribution in [3.05, 3.63) is 17.8 Å². The van der Waals surface area contributed by atoms with Gasteiger partial charge in [0.05, 0.1) is 17.5 Å². The lowest BCUT2D eigenvalue weighted by atomic mass is 10.1. The average molecular weight is 263 g/mol. The zero-order valence-electron chi connectivity index (χ0n) is 10.4. The van der Waals surface area contributed by atoms with Gasteiger partial charge >= 0.3 is 0 Å². The number of aromatic nitrogens is 2. The van der Waals surface area contributed by atoms with Crippen molar-refractivity contribution in [1.29, 1.82) is 0 Å². The predicted octanol–water partition coefficient (Wildman–Crippen LogP) is 3.06. The highest BCUT2D eigenvalue weighted by Crippen LogP contribution is 2.26. The summed E-state index contributed by atoms with van der Waals surface area (Å²) in [5, 5.41) is 6.69.